The van der Waals surface area contributed by atoms with E-state index in [4.69, 9.17) is 0 Å². The van der Waals surface area contributed by atoms with Crippen molar-refractivity contribution in [2.24, 2.45) is 0 Å². The molecule has 0 aliphatic carbocycles. The lowest BCUT2D eigenvalue weighted by Crippen LogP contribution is -2.05. The molecule has 0 bridgehead atoms. The summed E-state index contributed by atoms with van der Waals surface area (Å²) < 4.78 is 37.2. The fourth-order valence-corrected chi connectivity index (χ4v) is 3.22. The average Bonchev–Trinajstić information content (AvgIpc) is 2.84. The first kappa shape index (κ1) is 14.2. The summed E-state index contributed by atoms with van der Waals surface area (Å²) in [6.45, 7) is 5.62. The molecule has 0 radical (unpaired) electrons. The monoisotopic (exact) mass is 308 g/mol. The molecule has 9 heteroatoms. The maximum Gasteiger partial charge on any atom is 0.445 e. The quantitative estimate of drug-likeness (QED) is 0.937. The number of aromatic nitrogens is 3. The molecule has 0 aliphatic heterocycles. The van der Waals surface area contributed by atoms with E-state index < -0.39 is 11.2 Å². The highest BCUT2D eigenvalue weighted by Gasteiger charge is 2.35. The van der Waals surface area contributed by atoms with Gasteiger partial charge in [-0.05, 0) is 20.8 Å². The Labute approximate surface area is 115 Å². The Balaban J connectivity index is 2.13. The van der Waals surface area contributed by atoms with Gasteiger partial charge in [0, 0.05) is 4.88 Å². The number of alkyl halides is 3. The van der Waals surface area contributed by atoms with Crippen LogP contribution < -0.4 is 5.32 Å². The molecule has 1 unspecified atom stereocenters. The summed E-state index contributed by atoms with van der Waals surface area (Å²) in [6.07, 6.45) is -4.45. The molecule has 0 amide bonds. The predicted octanol–water partition coefficient (Wildman–Crippen LogP) is 3.80. The van der Waals surface area contributed by atoms with Crippen LogP contribution >= 0.6 is 22.7 Å². The molecule has 2 aromatic rings. The highest BCUT2D eigenvalue weighted by Crippen LogP contribution is 2.34. The third-order valence-corrected chi connectivity index (χ3v) is 4.50. The van der Waals surface area contributed by atoms with Gasteiger partial charge < -0.3 is 5.32 Å². The van der Waals surface area contributed by atoms with Gasteiger partial charge in [-0.1, -0.05) is 11.3 Å². The van der Waals surface area contributed by atoms with Crippen molar-refractivity contribution in [1.82, 2.24) is 15.2 Å². The number of hydrogen-bond acceptors (Lipinski definition) is 6. The minimum Gasteiger partial charge on any atom is -0.353 e. The lowest BCUT2D eigenvalue weighted by atomic mass is 10.2. The second kappa shape index (κ2) is 5.04. The van der Waals surface area contributed by atoms with Crippen LogP contribution in [0.1, 0.15) is 33.6 Å². The lowest BCUT2D eigenvalue weighted by molar-refractivity contribution is -0.138. The molecule has 0 aliphatic rings. The standard InChI is InChI=1S/C10H11F3N4S2/c1-4-7(18-6(3)14-4)5(2)15-9-17-16-8(19-9)10(11,12)13/h5H,1-3H3,(H,15,17). The molecule has 0 spiro atoms. The van der Waals surface area contributed by atoms with Crippen LogP contribution in [0.5, 0.6) is 0 Å². The summed E-state index contributed by atoms with van der Waals surface area (Å²) in [6, 6.07) is -0.153. The first-order valence-corrected chi connectivity index (χ1v) is 7.02. The Morgan fingerprint density at radius 3 is 2.32 bits per heavy atom. The van der Waals surface area contributed by atoms with Gasteiger partial charge in [0.2, 0.25) is 10.1 Å². The summed E-state index contributed by atoms with van der Waals surface area (Å²) in [4.78, 5) is 5.27. The van der Waals surface area contributed by atoms with Crippen LogP contribution in [0.25, 0.3) is 0 Å². The van der Waals surface area contributed by atoms with Crippen LogP contribution in [0, 0.1) is 13.8 Å². The maximum absolute atomic E-state index is 12.4. The van der Waals surface area contributed by atoms with E-state index in [2.05, 4.69) is 20.5 Å². The SMILES string of the molecule is Cc1nc(C)c(C(C)Nc2nnc(C(F)(F)F)s2)s1. The summed E-state index contributed by atoms with van der Waals surface area (Å²) in [5.41, 5.74) is 0.878. The van der Waals surface area contributed by atoms with Crippen LogP contribution in [0.3, 0.4) is 0 Å². The van der Waals surface area contributed by atoms with E-state index in [9.17, 15) is 13.2 Å². The topological polar surface area (TPSA) is 50.7 Å². The predicted molar refractivity (Wildman–Crippen MR) is 68.5 cm³/mol. The van der Waals surface area contributed by atoms with Crippen LogP contribution in [0.15, 0.2) is 0 Å². The van der Waals surface area contributed by atoms with Crippen molar-refractivity contribution in [2.75, 3.05) is 5.32 Å². The minimum atomic E-state index is -4.45. The van der Waals surface area contributed by atoms with E-state index in [0.29, 0.717) is 11.3 Å². The van der Waals surface area contributed by atoms with Crippen molar-refractivity contribution >= 4 is 27.8 Å². The normalized spacial score (nSPS) is 13.6. The Morgan fingerprint density at radius 2 is 1.84 bits per heavy atom. The molecule has 104 valence electrons. The highest BCUT2D eigenvalue weighted by atomic mass is 32.1. The first-order valence-electron chi connectivity index (χ1n) is 5.38. The van der Waals surface area contributed by atoms with E-state index >= 15 is 0 Å². The zero-order valence-electron chi connectivity index (χ0n) is 10.4. The van der Waals surface area contributed by atoms with Crippen molar-refractivity contribution in [3.8, 4) is 0 Å². The smallest absolute Gasteiger partial charge is 0.353 e. The minimum absolute atomic E-state index is 0.153. The van der Waals surface area contributed by atoms with Crippen LogP contribution in [0.4, 0.5) is 18.3 Å². The first-order chi connectivity index (χ1) is 8.77. The Bertz CT molecular complexity index is 576. The van der Waals surface area contributed by atoms with E-state index in [-0.39, 0.29) is 11.2 Å². The molecular formula is C10H11F3N4S2. The number of hydrogen-bond donors (Lipinski definition) is 1. The second-order valence-electron chi connectivity index (χ2n) is 3.96. The number of aryl methyl sites for hydroxylation is 2. The maximum atomic E-state index is 12.4. The number of rotatable bonds is 3. The number of thiazole rings is 1. The van der Waals surface area contributed by atoms with E-state index in [0.717, 1.165) is 15.6 Å². The van der Waals surface area contributed by atoms with Gasteiger partial charge in [0.05, 0.1) is 16.7 Å². The molecule has 0 fully saturated rings. The third-order valence-electron chi connectivity index (χ3n) is 2.34. The van der Waals surface area contributed by atoms with E-state index in [1.54, 1.807) is 0 Å². The van der Waals surface area contributed by atoms with Gasteiger partial charge in [-0.25, -0.2) is 4.98 Å². The van der Waals surface area contributed by atoms with Gasteiger partial charge in [-0.15, -0.1) is 21.5 Å². The second-order valence-corrected chi connectivity index (χ2v) is 6.17. The molecule has 1 atom stereocenters. The Hall–Kier alpha value is -1.22. The fraction of sp³-hybridized carbons (Fsp3) is 0.500. The largest absolute Gasteiger partial charge is 0.445 e. The summed E-state index contributed by atoms with van der Waals surface area (Å²) in [7, 11) is 0. The molecule has 0 aromatic carbocycles. The zero-order valence-corrected chi connectivity index (χ0v) is 12.0. The van der Waals surface area contributed by atoms with E-state index in [1.165, 1.54) is 11.3 Å². The van der Waals surface area contributed by atoms with Gasteiger partial charge in [0.25, 0.3) is 0 Å². The van der Waals surface area contributed by atoms with Crippen LogP contribution in [-0.4, -0.2) is 15.2 Å². The van der Waals surface area contributed by atoms with Gasteiger partial charge in [0.1, 0.15) is 0 Å². The number of halogens is 3. The van der Waals surface area contributed by atoms with Gasteiger partial charge in [-0.2, -0.15) is 13.2 Å². The summed E-state index contributed by atoms with van der Waals surface area (Å²) >= 11 is 2.02. The summed E-state index contributed by atoms with van der Waals surface area (Å²) in [5, 5.41) is 9.70. The van der Waals surface area contributed by atoms with Crippen molar-refractivity contribution in [1.29, 1.82) is 0 Å². The lowest BCUT2D eigenvalue weighted by Gasteiger charge is -2.10. The van der Waals surface area contributed by atoms with Gasteiger partial charge in [-0.3, -0.25) is 0 Å². The van der Waals surface area contributed by atoms with Crippen molar-refractivity contribution < 1.29 is 13.2 Å². The summed E-state index contributed by atoms with van der Waals surface area (Å²) in [5.74, 6) is 0. The van der Waals surface area contributed by atoms with Crippen molar-refractivity contribution in [2.45, 2.75) is 33.0 Å². The Morgan fingerprint density at radius 1 is 1.16 bits per heavy atom. The number of nitrogens with one attached hydrogen (secondary N) is 1. The van der Waals surface area contributed by atoms with E-state index in [1.807, 2.05) is 20.8 Å². The molecule has 0 saturated carbocycles. The molecular weight excluding hydrogens is 297 g/mol. The molecule has 4 nitrogen and oxygen atoms in total. The fourth-order valence-electron chi connectivity index (χ4n) is 1.60. The molecule has 1 N–H and O–H groups in total. The van der Waals surface area contributed by atoms with Crippen LogP contribution in [-0.2, 0) is 6.18 Å². The van der Waals surface area contributed by atoms with Gasteiger partial charge >= 0.3 is 6.18 Å². The highest BCUT2D eigenvalue weighted by molar-refractivity contribution is 7.15. The Kier molecular flexibility index (Phi) is 3.77. The average molecular weight is 308 g/mol. The van der Waals surface area contributed by atoms with Crippen molar-refractivity contribution in [3.63, 3.8) is 0 Å². The molecule has 0 saturated heterocycles. The third kappa shape index (κ3) is 3.21. The number of anilines is 1. The molecule has 2 aromatic heterocycles. The zero-order chi connectivity index (χ0) is 14.2. The molecule has 2 rings (SSSR count). The number of nitrogens with zero attached hydrogens (tertiary/aromatic N) is 3. The molecule has 19 heavy (non-hydrogen) atoms. The molecule has 2 heterocycles. The van der Waals surface area contributed by atoms with Crippen LogP contribution in [0.2, 0.25) is 0 Å². The van der Waals surface area contributed by atoms with Crippen molar-refractivity contribution in [3.05, 3.63) is 20.6 Å². The van der Waals surface area contributed by atoms with Gasteiger partial charge in [0.15, 0.2) is 0 Å².